The lowest BCUT2D eigenvalue weighted by Gasteiger charge is -2.25. The Balaban J connectivity index is 2.31. The SMILES string of the molecule is COCCN(CCC#N)CC1(CS)CC1. The number of methoxy groups -OCH3 is 1. The Kier molecular flexibility index (Phi) is 5.44. The summed E-state index contributed by atoms with van der Waals surface area (Å²) in [6.07, 6.45) is 3.17. The van der Waals surface area contributed by atoms with Crippen LogP contribution in [0.1, 0.15) is 19.3 Å². The smallest absolute Gasteiger partial charge is 0.0635 e. The summed E-state index contributed by atoms with van der Waals surface area (Å²) < 4.78 is 5.08. The highest BCUT2D eigenvalue weighted by Gasteiger charge is 2.42. The van der Waals surface area contributed by atoms with Crippen molar-refractivity contribution in [2.24, 2.45) is 5.41 Å². The lowest BCUT2D eigenvalue weighted by Crippen LogP contribution is -2.34. The van der Waals surface area contributed by atoms with Crippen molar-refractivity contribution < 1.29 is 4.74 Å². The van der Waals surface area contributed by atoms with E-state index in [0.29, 0.717) is 11.8 Å². The maximum atomic E-state index is 8.59. The van der Waals surface area contributed by atoms with Crippen LogP contribution < -0.4 is 0 Å². The molecule has 3 nitrogen and oxygen atoms in total. The van der Waals surface area contributed by atoms with Crippen molar-refractivity contribution in [3.05, 3.63) is 0 Å². The van der Waals surface area contributed by atoms with Gasteiger partial charge in [-0.3, -0.25) is 4.90 Å². The van der Waals surface area contributed by atoms with Gasteiger partial charge in [-0.2, -0.15) is 17.9 Å². The molecule has 1 aliphatic carbocycles. The van der Waals surface area contributed by atoms with Gasteiger partial charge in [0.25, 0.3) is 0 Å². The second-order valence-electron chi connectivity index (χ2n) is 4.34. The highest BCUT2D eigenvalue weighted by Crippen LogP contribution is 2.47. The first kappa shape index (κ1) is 12.8. The minimum absolute atomic E-state index is 0.437. The number of hydrogen-bond acceptors (Lipinski definition) is 4. The van der Waals surface area contributed by atoms with Crippen molar-refractivity contribution in [1.29, 1.82) is 5.26 Å². The topological polar surface area (TPSA) is 36.3 Å². The molecule has 0 spiro atoms. The number of hydrogen-bond donors (Lipinski definition) is 1. The average Bonchev–Trinajstić information content (AvgIpc) is 3.03. The van der Waals surface area contributed by atoms with E-state index in [1.165, 1.54) is 12.8 Å². The Labute approximate surface area is 97.8 Å². The number of rotatable bonds is 8. The lowest BCUT2D eigenvalue weighted by molar-refractivity contribution is 0.137. The van der Waals surface area contributed by atoms with Crippen LogP contribution in [-0.4, -0.2) is 44.0 Å². The Bertz CT molecular complexity index is 223. The van der Waals surface area contributed by atoms with E-state index in [9.17, 15) is 0 Å². The van der Waals surface area contributed by atoms with Crippen molar-refractivity contribution in [2.75, 3.05) is 39.1 Å². The molecule has 0 radical (unpaired) electrons. The zero-order valence-corrected chi connectivity index (χ0v) is 10.3. The third-order valence-corrected chi connectivity index (χ3v) is 3.67. The van der Waals surface area contributed by atoms with Gasteiger partial charge in [0.15, 0.2) is 0 Å². The van der Waals surface area contributed by atoms with Crippen LogP contribution >= 0.6 is 12.6 Å². The zero-order chi connectivity index (χ0) is 11.1. The predicted octanol–water partition coefficient (Wildman–Crippen LogP) is 1.56. The van der Waals surface area contributed by atoms with Crippen molar-refractivity contribution >= 4 is 12.6 Å². The average molecular weight is 228 g/mol. The van der Waals surface area contributed by atoms with Crippen LogP contribution in [0, 0.1) is 16.7 Å². The highest BCUT2D eigenvalue weighted by atomic mass is 32.1. The first-order valence-corrected chi connectivity index (χ1v) is 6.09. The van der Waals surface area contributed by atoms with Crippen LogP contribution in [0.15, 0.2) is 0 Å². The summed E-state index contributed by atoms with van der Waals surface area (Å²) in [5.74, 6) is 0.961. The zero-order valence-electron chi connectivity index (χ0n) is 9.41. The van der Waals surface area contributed by atoms with Gasteiger partial charge in [-0.05, 0) is 24.0 Å². The van der Waals surface area contributed by atoms with E-state index in [-0.39, 0.29) is 0 Å². The number of nitrogens with zero attached hydrogens (tertiary/aromatic N) is 2. The summed E-state index contributed by atoms with van der Waals surface area (Å²) in [6, 6.07) is 2.20. The molecular formula is C11H20N2OS. The molecule has 1 fully saturated rings. The predicted molar refractivity (Wildman–Crippen MR) is 64.1 cm³/mol. The Morgan fingerprint density at radius 2 is 2.20 bits per heavy atom. The van der Waals surface area contributed by atoms with E-state index in [0.717, 1.165) is 32.0 Å². The van der Waals surface area contributed by atoms with Crippen molar-refractivity contribution in [3.8, 4) is 6.07 Å². The van der Waals surface area contributed by atoms with Gasteiger partial charge in [-0.1, -0.05) is 0 Å². The lowest BCUT2D eigenvalue weighted by atomic mass is 10.1. The van der Waals surface area contributed by atoms with Gasteiger partial charge in [-0.25, -0.2) is 0 Å². The molecule has 0 aromatic carbocycles. The standard InChI is InChI=1S/C11H20N2OS/c1-14-8-7-13(6-2-5-12)9-11(10-15)3-4-11/h15H,2-4,6-10H2,1H3. The first-order chi connectivity index (χ1) is 7.26. The summed E-state index contributed by atoms with van der Waals surface area (Å²) in [5, 5.41) is 8.59. The van der Waals surface area contributed by atoms with Gasteiger partial charge in [0.05, 0.1) is 12.7 Å². The highest BCUT2D eigenvalue weighted by molar-refractivity contribution is 7.80. The molecule has 0 aromatic rings. The number of thiol groups is 1. The molecule has 0 atom stereocenters. The normalized spacial score (nSPS) is 17.7. The summed E-state index contributed by atoms with van der Waals surface area (Å²) in [6.45, 7) is 3.60. The van der Waals surface area contributed by atoms with Gasteiger partial charge >= 0.3 is 0 Å². The molecule has 1 rings (SSSR count). The molecule has 15 heavy (non-hydrogen) atoms. The molecular weight excluding hydrogens is 208 g/mol. The summed E-state index contributed by atoms with van der Waals surface area (Å²) in [4.78, 5) is 2.33. The maximum Gasteiger partial charge on any atom is 0.0635 e. The second kappa shape index (κ2) is 6.37. The van der Waals surface area contributed by atoms with Crippen LogP contribution in [0.25, 0.3) is 0 Å². The molecule has 0 aromatic heterocycles. The van der Waals surface area contributed by atoms with E-state index < -0.39 is 0 Å². The summed E-state index contributed by atoms with van der Waals surface area (Å²) in [5.41, 5.74) is 0.437. The van der Waals surface area contributed by atoms with Gasteiger partial charge in [0.1, 0.15) is 0 Å². The van der Waals surface area contributed by atoms with Crippen LogP contribution in [-0.2, 0) is 4.74 Å². The van der Waals surface area contributed by atoms with Crippen LogP contribution in [0.4, 0.5) is 0 Å². The summed E-state index contributed by atoms with van der Waals surface area (Å²) in [7, 11) is 1.72. The number of ether oxygens (including phenoxy) is 1. The molecule has 0 aliphatic heterocycles. The van der Waals surface area contributed by atoms with Crippen molar-refractivity contribution in [3.63, 3.8) is 0 Å². The van der Waals surface area contributed by atoms with E-state index >= 15 is 0 Å². The van der Waals surface area contributed by atoms with Crippen LogP contribution in [0.3, 0.4) is 0 Å². The monoisotopic (exact) mass is 228 g/mol. The molecule has 1 saturated carbocycles. The minimum atomic E-state index is 0.437. The van der Waals surface area contributed by atoms with E-state index in [1.54, 1.807) is 7.11 Å². The Morgan fingerprint density at radius 1 is 1.47 bits per heavy atom. The van der Waals surface area contributed by atoms with E-state index in [1.807, 2.05) is 0 Å². The first-order valence-electron chi connectivity index (χ1n) is 5.45. The second-order valence-corrected chi connectivity index (χ2v) is 4.65. The van der Waals surface area contributed by atoms with Gasteiger partial charge in [0, 0.05) is 33.2 Å². The van der Waals surface area contributed by atoms with E-state index in [4.69, 9.17) is 10.00 Å². The fraction of sp³-hybridized carbons (Fsp3) is 0.909. The number of nitriles is 1. The van der Waals surface area contributed by atoms with Crippen molar-refractivity contribution in [1.82, 2.24) is 4.90 Å². The van der Waals surface area contributed by atoms with Gasteiger partial charge in [-0.15, -0.1) is 0 Å². The van der Waals surface area contributed by atoms with Gasteiger partial charge in [0.2, 0.25) is 0 Å². The third-order valence-electron chi connectivity index (χ3n) is 3.00. The molecule has 0 saturated heterocycles. The Hall–Kier alpha value is -0.240. The molecule has 1 aliphatic rings. The molecule has 4 heteroatoms. The fourth-order valence-electron chi connectivity index (χ4n) is 1.72. The molecule has 0 bridgehead atoms. The maximum absolute atomic E-state index is 8.59. The summed E-state index contributed by atoms with van der Waals surface area (Å²) >= 11 is 4.40. The molecule has 0 amide bonds. The minimum Gasteiger partial charge on any atom is -0.383 e. The van der Waals surface area contributed by atoms with E-state index in [2.05, 4.69) is 23.6 Å². The van der Waals surface area contributed by atoms with Crippen LogP contribution in [0.2, 0.25) is 0 Å². The molecule has 0 N–H and O–H groups in total. The quantitative estimate of drug-likeness (QED) is 0.640. The van der Waals surface area contributed by atoms with Crippen LogP contribution in [0.5, 0.6) is 0 Å². The van der Waals surface area contributed by atoms with Gasteiger partial charge < -0.3 is 4.74 Å². The van der Waals surface area contributed by atoms with Crippen molar-refractivity contribution in [2.45, 2.75) is 19.3 Å². The molecule has 86 valence electrons. The molecule has 0 heterocycles. The molecule has 0 unspecified atom stereocenters. The third kappa shape index (κ3) is 4.42. The Morgan fingerprint density at radius 3 is 2.67 bits per heavy atom. The fourth-order valence-corrected chi connectivity index (χ4v) is 2.13. The largest absolute Gasteiger partial charge is 0.383 e.